The Bertz CT molecular complexity index is 874. The maximum absolute atomic E-state index is 6.19. The first-order valence-corrected chi connectivity index (χ1v) is 7.24. The molecule has 2 heterocycles. The van der Waals surface area contributed by atoms with Crippen LogP contribution in [0.25, 0.3) is 32.4 Å². The number of halogens is 1. The molecule has 0 bridgehead atoms. The van der Waals surface area contributed by atoms with Gasteiger partial charge in [-0.15, -0.1) is 11.3 Å². The zero-order valence-corrected chi connectivity index (χ0v) is 11.5. The van der Waals surface area contributed by atoms with Crippen LogP contribution in [0.1, 0.15) is 0 Å². The Hall–Kier alpha value is -1.77. The van der Waals surface area contributed by atoms with Crippen LogP contribution in [0.3, 0.4) is 0 Å². The van der Waals surface area contributed by atoms with E-state index in [9.17, 15) is 0 Å². The molecule has 0 saturated heterocycles. The molecule has 0 N–H and O–H groups in total. The zero-order valence-electron chi connectivity index (χ0n) is 9.89. The molecule has 4 rings (SSSR count). The van der Waals surface area contributed by atoms with Crippen LogP contribution in [0.4, 0.5) is 0 Å². The number of furan rings is 1. The van der Waals surface area contributed by atoms with Gasteiger partial charge >= 0.3 is 0 Å². The van der Waals surface area contributed by atoms with Crippen molar-refractivity contribution >= 4 is 44.9 Å². The molecule has 0 unspecified atom stereocenters. The van der Waals surface area contributed by atoms with Crippen LogP contribution in [0.2, 0.25) is 5.02 Å². The van der Waals surface area contributed by atoms with Crippen molar-refractivity contribution < 1.29 is 4.42 Å². The Morgan fingerprint density at radius 2 is 1.68 bits per heavy atom. The van der Waals surface area contributed by atoms with Gasteiger partial charge in [-0.25, -0.2) is 0 Å². The highest BCUT2D eigenvalue weighted by atomic mass is 35.5. The summed E-state index contributed by atoms with van der Waals surface area (Å²) in [7, 11) is 0. The second kappa shape index (κ2) is 4.12. The Morgan fingerprint density at radius 1 is 0.842 bits per heavy atom. The van der Waals surface area contributed by atoms with E-state index >= 15 is 0 Å². The fourth-order valence-corrected chi connectivity index (χ4v) is 3.56. The second-order valence-corrected chi connectivity index (χ2v) is 5.68. The van der Waals surface area contributed by atoms with E-state index in [0.717, 1.165) is 26.8 Å². The van der Waals surface area contributed by atoms with E-state index in [2.05, 4.69) is 23.6 Å². The molecule has 2 aromatic heterocycles. The van der Waals surface area contributed by atoms with Crippen LogP contribution in [0, 0.1) is 0 Å². The minimum Gasteiger partial charge on any atom is -0.453 e. The van der Waals surface area contributed by atoms with Gasteiger partial charge in [0.2, 0.25) is 0 Å². The molecule has 0 spiro atoms. The molecule has 3 heteroatoms. The third-order valence-corrected chi connectivity index (χ3v) is 4.55. The molecule has 0 aliphatic rings. The van der Waals surface area contributed by atoms with Crippen LogP contribution in [0.15, 0.2) is 58.3 Å². The summed E-state index contributed by atoms with van der Waals surface area (Å²) in [5, 5.41) is 5.03. The molecule has 0 atom stereocenters. The summed E-state index contributed by atoms with van der Waals surface area (Å²) < 4.78 is 5.99. The van der Waals surface area contributed by atoms with E-state index < -0.39 is 0 Å². The van der Waals surface area contributed by atoms with Gasteiger partial charge in [-0.1, -0.05) is 54.1 Å². The monoisotopic (exact) mass is 284 g/mol. The predicted octanol–water partition coefficient (Wildman–Crippen LogP) is 5.97. The molecule has 0 fully saturated rings. The van der Waals surface area contributed by atoms with Gasteiger partial charge in [0.15, 0.2) is 11.2 Å². The number of hydrogen-bond acceptors (Lipinski definition) is 2. The number of benzene rings is 2. The van der Waals surface area contributed by atoms with Crippen LogP contribution in [0.5, 0.6) is 0 Å². The van der Waals surface area contributed by atoms with Crippen molar-refractivity contribution in [2.45, 2.75) is 0 Å². The van der Waals surface area contributed by atoms with Gasteiger partial charge < -0.3 is 4.42 Å². The van der Waals surface area contributed by atoms with Crippen LogP contribution in [-0.2, 0) is 0 Å². The maximum Gasteiger partial charge on any atom is 0.154 e. The lowest BCUT2D eigenvalue weighted by Crippen LogP contribution is -1.69. The highest BCUT2D eigenvalue weighted by Crippen LogP contribution is 2.42. The Kier molecular flexibility index (Phi) is 2.40. The smallest absolute Gasteiger partial charge is 0.154 e. The fraction of sp³-hybridized carbons (Fsp3) is 0. The Morgan fingerprint density at radius 3 is 2.53 bits per heavy atom. The molecule has 2 aromatic carbocycles. The topological polar surface area (TPSA) is 13.1 Å². The van der Waals surface area contributed by atoms with E-state index in [1.165, 1.54) is 5.56 Å². The summed E-state index contributed by atoms with van der Waals surface area (Å²) in [5.41, 5.74) is 2.89. The quantitative estimate of drug-likeness (QED) is 0.420. The molecule has 0 amide bonds. The number of hydrogen-bond donors (Lipinski definition) is 0. The number of thiophene rings is 1. The van der Waals surface area contributed by atoms with Crippen LogP contribution in [-0.4, -0.2) is 0 Å². The molecule has 0 saturated carbocycles. The Labute approximate surface area is 119 Å². The van der Waals surface area contributed by atoms with Crippen molar-refractivity contribution in [2.75, 3.05) is 0 Å². The van der Waals surface area contributed by atoms with Crippen molar-refractivity contribution in [1.29, 1.82) is 0 Å². The summed E-state index contributed by atoms with van der Waals surface area (Å²) in [6, 6.07) is 16.2. The number of rotatable bonds is 1. The van der Waals surface area contributed by atoms with Gasteiger partial charge in [0, 0.05) is 16.2 Å². The standard InChI is InChI=1S/C16H9ClOS/c17-13-8-4-7-11-12-9-19-16(15(12)18-14(11)13)10-5-2-1-3-6-10/h1-9H. The highest BCUT2D eigenvalue weighted by molar-refractivity contribution is 7.15. The van der Waals surface area contributed by atoms with Gasteiger partial charge in [0.05, 0.1) is 9.90 Å². The van der Waals surface area contributed by atoms with E-state index in [-0.39, 0.29) is 0 Å². The van der Waals surface area contributed by atoms with Crippen molar-refractivity contribution in [3.63, 3.8) is 0 Å². The van der Waals surface area contributed by atoms with E-state index in [0.29, 0.717) is 5.02 Å². The summed E-state index contributed by atoms with van der Waals surface area (Å²) in [5.74, 6) is 0. The zero-order chi connectivity index (χ0) is 12.8. The molecule has 0 radical (unpaired) electrons. The second-order valence-electron chi connectivity index (χ2n) is 4.39. The van der Waals surface area contributed by atoms with Gasteiger partial charge in [-0.3, -0.25) is 0 Å². The lowest BCUT2D eigenvalue weighted by atomic mass is 10.1. The van der Waals surface area contributed by atoms with Crippen molar-refractivity contribution in [2.24, 2.45) is 0 Å². The lowest BCUT2D eigenvalue weighted by Gasteiger charge is -1.95. The molecule has 0 aliphatic heterocycles. The molecule has 19 heavy (non-hydrogen) atoms. The van der Waals surface area contributed by atoms with Crippen LogP contribution >= 0.6 is 22.9 Å². The first-order chi connectivity index (χ1) is 9.34. The third kappa shape index (κ3) is 1.61. The fourth-order valence-electron chi connectivity index (χ4n) is 2.35. The number of para-hydroxylation sites is 1. The molecular formula is C16H9ClOS. The molecule has 1 nitrogen and oxygen atoms in total. The van der Waals surface area contributed by atoms with Crippen molar-refractivity contribution in [1.82, 2.24) is 0 Å². The highest BCUT2D eigenvalue weighted by Gasteiger charge is 2.15. The van der Waals surface area contributed by atoms with Gasteiger partial charge in [0.25, 0.3) is 0 Å². The molecular weight excluding hydrogens is 276 g/mol. The largest absolute Gasteiger partial charge is 0.453 e. The first kappa shape index (κ1) is 11.1. The van der Waals surface area contributed by atoms with Gasteiger partial charge in [-0.05, 0) is 11.6 Å². The van der Waals surface area contributed by atoms with E-state index in [1.54, 1.807) is 11.3 Å². The van der Waals surface area contributed by atoms with Crippen LogP contribution < -0.4 is 0 Å². The molecule has 0 aliphatic carbocycles. The maximum atomic E-state index is 6.19. The molecule has 92 valence electrons. The average Bonchev–Trinajstić information content (AvgIpc) is 3.00. The van der Waals surface area contributed by atoms with Crippen molar-refractivity contribution in [3.8, 4) is 10.4 Å². The summed E-state index contributed by atoms with van der Waals surface area (Å²) in [6.45, 7) is 0. The van der Waals surface area contributed by atoms with E-state index in [1.807, 2.05) is 30.3 Å². The normalized spacial score (nSPS) is 11.4. The van der Waals surface area contributed by atoms with Crippen molar-refractivity contribution in [3.05, 3.63) is 58.9 Å². The SMILES string of the molecule is Clc1cccc2c1oc1c(-c3ccccc3)scc12. The summed E-state index contributed by atoms with van der Waals surface area (Å²) in [6.07, 6.45) is 0. The first-order valence-electron chi connectivity index (χ1n) is 5.98. The third-order valence-electron chi connectivity index (χ3n) is 3.24. The van der Waals surface area contributed by atoms with Gasteiger partial charge in [0.1, 0.15) is 0 Å². The summed E-state index contributed by atoms with van der Waals surface area (Å²) >= 11 is 7.90. The predicted molar refractivity (Wildman–Crippen MR) is 82.0 cm³/mol. The minimum atomic E-state index is 0.665. The lowest BCUT2D eigenvalue weighted by molar-refractivity contribution is 0.671. The summed E-state index contributed by atoms with van der Waals surface area (Å²) in [4.78, 5) is 1.16. The molecule has 4 aromatic rings. The average molecular weight is 285 g/mol. The van der Waals surface area contributed by atoms with E-state index in [4.69, 9.17) is 16.0 Å². The minimum absolute atomic E-state index is 0.665. The van der Waals surface area contributed by atoms with Gasteiger partial charge in [-0.2, -0.15) is 0 Å². The Balaban J connectivity index is 2.09. The number of fused-ring (bicyclic) bond motifs is 3.